The van der Waals surface area contributed by atoms with Gasteiger partial charge in [-0.2, -0.15) is 0 Å². The number of aryl methyl sites for hydroxylation is 1. The number of carbonyl (C=O) groups excluding carboxylic acids is 2. The highest BCUT2D eigenvalue weighted by Crippen LogP contribution is 2.50. The van der Waals surface area contributed by atoms with Gasteiger partial charge < -0.3 is 14.9 Å². The average molecular weight is 330 g/mol. The molecule has 2 amide bonds. The van der Waals surface area contributed by atoms with Gasteiger partial charge in [0.05, 0.1) is 5.41 Å². The number of hydrogen-bond acceptors (Lipinski definition) is 3. The molecule has 0 radical (unpaired) electrons. The van der Waals surface area contributed by atoms with E-state index in [-0.39, 0.29) is 24.9 Å². The first-order valence-electron chi connectivity index (χ1n) is 8.24. The molecule has 1 aromatic carbocycles. The molecule has 0 aromatic heterocycles. The summed E-state index contributed by atoms with van der Waals surface area (Å²) in [6.07, 6.45) is 1.59. The monoisotopic (exact) mass is 330 g/mol. The second-order valence-electron chi connectivity index (χ2n) is 6.78. The predicted molar refractivity (Wildman–Crippen MR) is 87.5 cm³/mol. The molecule has 128 valence electrons. The lowest BCUT2D eigenvalue weighted by Gasteiger charge is -2.40. The molecule has 2 fully saturated rings. The predicted octanol–water partition coefficient (Wildman–Crippen LogP) is 1.17. The third-order valence-electron chi connectivity index (χ3n) is 5.10. The molecular weight excluding hydrogens is 308 g/mol. The van der Waals surface area contributed by atoms with Gasteiger partial charge in [-0.25, -0.2) is 0 Å². The van der Waals surface area contributed by atoms with Crippen LogP contribution in [0, 0.1) is 6.92 Å². The van der Waals surface area contributed by atoms with Crippen molar-refractivity contribution in [2.75, 3.05) is 19.6 Å². The molecule has 1 aliphatic heterocycles. The van der Waals surface area contributed by atoms with E-state index in [2.05, 4.69) is 0 Å². The summed E-state index contributed by atoms with van der Waals surface area (Å²) < 4.78 is 0. The van der Waals surface area contributed by atoms with Gasteiger partial charge in [0.2, 0.25) is 11.8 Å². The normalized spacial score (nSPS) is 22.4. The lowest BCUT2D eigenvalue weighted by Crippen LogP contribution is -2.60. The summed E-state index contributed by atoms with van der Waals surface area (Å²) in [7, 11) is 0. The highest BCUT2D eigenvalue weighted by molar-refractivity contribution is 5.96. The SMILES string of the molecule is Cc1ccc(C2(C(=O)N3CCN(CC(=O)O)C(=O)[C@@H]3C)CC2)cc1. The second-order valence-corrected chi connectivity index (χ2v) is 6.78. The van der Waals surface area contributed by atoms with Crippen LogP contribution in [-0.2, 0) is 19.8 Å². The fourth-order valence-electron chi connectivity index (χ4n) is 3.43. The Morgan fingerprint density at radius 3 is 2.38 bits per heavy atom. The van der Waals surface area contributed by atoms with Crippen molar-refractivity contribution in [3.63, 3.8) is 0 Å². The molecule has 3 rings (SSSR count). The van der Waals surface area contributed by atoms with E-state index in [9.17, 15) is 14.4 Å². The largest absolute Gasteiger partial charge is 0.480 e. The average Bonchev–Trinajstić information content (AvgIpc) is 3.33. The van der Waals surface area contributed by atoms with Crippen LogP contribution in [0.4, 0.5) is 0 Å². The fraction of sp³-hybridized carbons (Fsp3) is 0.500. The van der Waals surface area contributed by atoms with E-state index in [1.165, 1.54) is 4.90 Å². The van der Waals surface area contributed by atoms with Crippen molar-refractivity contribution in [1.29, 1.82) is 0 Å². The summed E-state index contributed by atoms with van der Waals surface area (Å²) >= 11 is 0. The molecule has 24 heavy (non-hydrogen) atoms. The van der Waals surface area contributed by atoms with Gasteiger partial charge in [0, 0.05) is 13.1 Å². The maximum atomic E-state index is 13.1. The maximum absolute atomic E-state index is 13.1. The summed E-state index contributed by atoms with van der Waals surface area (Å²) in [5.74, 6) is -1.34. The van der Waals surface area contributed by atoms with Crippen molar-refractivity contribution < 1.29 is 19.5 Å². The molecule has 0 unspecified atom stereocenters. The molecule has 1 aliphatic carbocycles. The van der Waals surface area contributed by atoms with Crippen molar-refractivity contribution in [3.8, 4) is 0 Å². The number of hydrogen-bond donors (Lipinski definition) is 1. The van der Waals surface area contributed by atoms with Crippen molar-refractivity contribution in [1.82, 2.24) is 9.80 Å². The minimum Gasteiger partial charge on any atom is -0.480 e. The summed E-state index contributed by atoms with van der Waals surface area (Å²) in [4.78, 5) is 39.2. The highest BCUT2D eigenvalue weighted by Gasteiger charge is 2.54. The number of rotatable bonds is 4. The third kappa shape index (κ3) is 2.77. The number of amides is 2. The van der Waals surface area contributed by atoms with Crippen LogP contribution in [0.5, 0.6) is 0 Å². The second kappa shape index (κ2) is 5.92. The summed E-state index contributed by atoms with van der Waals surface area (Å²) in [6.45, 7) is 4.03. The Hall–Kier alpha value is -2.37. The van der Waals surface area contributed by atoms with Gasteiger partial charge in [-0.15, -0.1) is 0 Å². The Balaban J connectivity index is 1.77. The number of aliphatic carboxylic acids is 1. The molecule has 1 atom stereocenters. The first-order chi connectivity index (χ1) is 11.3. The Labute approximate surface area is 141 Å². The first kappa shape index (κ1) is 16.5. The van der Waals surface area contributed by atoms with E-state index in [4.69, 9.17) is 5.11 Å². The van der Waals surface area contributed by atoms with Gasteiger partial charge in [-0.05, 0) is 32.3 Å². The van der Waals surface area contributed by atoms with Gasteiger partial charge >= 0.3 is 5.97 Å². The van der Waals surface area contributed by atoms with E-state index in [1.807, 2.05) is 31.2 Å². The van der Waals surface area contributed by atoms with Gasteiger partial charge in [-0.1, -0.05) is 29.8 Å². The highest BCUT2D eigenvalue weighted by atomic mass is 16.4. The van der Waals surface area contributed by atoms with Gasteiger partial charge in [0.1, 0.15) is 12.6 Å². The Kier molecular flexibility index (Phi) is 4.07. The zero-order chi connectivity index (χ0) is 17.5. The molecule has 1 heterocycles. The lowest BCUT2D eigenvalue weighted by molar-refractivity contribution is -0.155. The minimum absolute atomic E-state index is 0.0119. The zero-order valence-corrected chi connectivity index (χ0v) is 14.0. The fourth-order valence-corrected chi connectivity index (χ4v) is 3.43. The van der Waals surface area contributed by atoms with E-state index in [0.717, 1.165) is 24.0 Å². The van der Waals surface area contributed by atoms with Crippen LogP contribution in [0.2, 0.25) is 0 Å². The number of benzene rings is 1. The van der Waals surface area contributed by atoms with Crippen LogP contribution in [0.15, 0.2) is 24.3 Å². The van der Waals surface area contributed by atoms with Crippen LogP contribution in [-0.4, -0.2) is 58.4 Å². The molecule has 0 spiro atoms. The molecule has 1 saturated heterocycles. The number of carboxylic acids is 1. The number of carboxylic acid groups (broad SMARTS) is 1. The maximum Gasteiger partial charge on any atom is 0.323 e. The third-order valence-corrected chi connectivity index (χ3v) is 5.10. The van der Waals surface area contributed by atoms with Crippen LogP contribution in [0.1, 0.15) is 30.9 Å². The summed E-state index contributed by atoms with van der Waals surface area (Å²) in [5.41, 5.74) is 1.65. The molecular formula is C18H22N2O4. The summed E-state index contributed by atoms with van der Waals surface area (Å²) in [5, 5.41) is 8.88. The molecule has 1 aromatic rings. The number of nitrogens with zero attached hydrogens (tertiary/aromatic N) is 2. The molecule has 2 aliphatic rings. The lowest BCUT2D eigenvalue weighted by atomic mass is 9.92. The molecule has 1 saturated carbocycles. The van der Waals surface area contributed by atoms with Gasteiger partial charge in [0.25, 0.3) is 0 Å². The van der Waals surface area contributed by atoms with Crippen molar-refractivity contribution >= 4 is 17.8 Å². The number of carbonyl (C=O) groups is 3. The standard InChI is InChI=1S/C18H22N2O4/c1-12-3-5-14(6-4-12)18(7-8-18)17(24)20-10-9-19(11-15(21)22)16(23)13(20)2/h3-6,13H,7-11H2,1-2H3,(H,21,22)/t13-/m0/s1. The zero-order valence-electron chi connectivity index (χ0n) is 14.0. The Morgan fingerprint density at radius 1 is 1.21 bits per heavy atom. The van der Waals surface area contributed by atoms with Gasteiger partial charge in [0.15, 0.2) is 0 Å². The van der Waals surface area contributed by atoms with Crippen LogP contribution >= 0.6 is 0 Å². The molecule has 6 nitrogen and oxygen atoms in total. The quantitative estimate of drug-likeness (QED) is 0.899. The van der Waals surface area contributed by atoms with Gasteiger partial charge in [-0.3, -0.25) is 14.4 Å². The van der Waals surface area contributed by atoms with E-state index in [0.29, 0.717) is 6.54 Å². The molecule has 1 N–H and O–H groups in total. The Bertz CT molecular complexity index is 679. The summed E-state index contributed by atoms with van der Waals surface area (Å²) in [6, 6.07) is 7.37. The first-order valence-corrected chi connectivity index (χ1v) is 8.24. The smallest absolute Gasteiger partial charge is 0.323 e. The van der Waals surface area contributed by atoms with Crippen LogP contribution < -0.4 is 0 Å². The van der Waals surface area contributed by atoms with Crippen molar-refractivity contribution in [2.24, 2.45) is 0 Å². The van der Waals surface area contributed by atoms with Crippen LogP contribution in [0.3, 0.4) is 0 Å². The number of piperazine rings is 1. The minimum atomic E-state index is -1.03. The van der Waals surface area contributed by atoms with Crippen LogP contribution in [0.25, 0.3) is 0 Å². The Morgan fingerprint density at radius 2 is 1.83 bits per heavy atom. The molecule has 0 bridgehead atoms. The van der Waals surface area contributed by atoms with E-state index < -0.39 is 17.4 Å². The van der Waals surface area contributed by atoms with E-state index in [1.54, 1.807) is 11.8 Å². The van der Waals surface area contributed by atoms with Crippen molar-refractivity contribution in [2.45, 2.75) is 38.1 Å². The topological polar surface area (TPSA) is 77.9 Å². The van der Waals surface area contributed by atoms with Crippen molar-refractivity contribution in [3.05, 3.63) is 35.4 Å². The van der Waals surface area contributed by atoms with E-state index >= 15 is 0 Å². The molecule has 6 heteroatoms.